The number of rotatable bonds is 5. The van der Waals surface area contributed by atoms with E-state index >= 15 is 0 Å². The number of furan rings is 1. The minimum absolute atomic E-state index is 0.0614. The monoisotopic (exact) mass is 267 g/mol. The molecule has 1 aromatic carbocycles. The Kier molecular flexibility index (Phi) is 4.12. The van der Waals surface area contributed by atoms with Gasteiger partial charge < -0.3 is 14.5 Å². The van der Waals surface area contributed by atoms with Crippen LogP contribution in [0.2, 0.25) is 0 Å². The Morgan fingerprint density at radius 2 is 2.16 bits per heavy atom. The summed E-state index contributed by atoms with van der Waals surface area (Å²) >= 11 is 0. The first-order valence-corrected chi connectivity index (χ1v) is 5.56. The maximum absolute atomic E-state index is 13.2. The topological polar surface area (TPSA) is 51.5 Å². The summed E-state index contributed by atoms with van der Waals surface area (Å²) in [4.78, 5) is 11.4. The lowest BCUT2D eigenvalue weighted by atomic mass is 10.3. The summed E-state index contributed by atoms with van der Waals surface area (Å²) in [5, 5.41) is 2.53. The number of carbonyl (C=O) groups excluding carboxylic acids is 1. The highest BCUT2D eigenvalue weighted by atomic mass is 19.1. The van der Waals surface area contributed by atoms with Gasteiger partial charge in [-0.25, -0.2) is 8.78 Å². The lowest BCUT2D eigenvalue weighted by Crippen LogP contribution is -2.27. The van der Waals surface area contributed by atoms with Crippen molar-refractivity contribution in [3.63, 3.8) is 0 Å². The molecule has 2 aromatic rings. The number of ether oxygens (including phenoxy) is 1. The van der Waals surface area contributed by atoms with Gasteiger partial charge in [-0.2, -0.15) is 0 Å². The maximum Gasteiger partial charge on any atom is 0.287 e. The Morgan fingerprint density at radius 1 is 1.32 bits per heavy atom. The van der Waals surface area contributed by atoms with Gasteiger partial charge in [0.2, 0.25) is 0 Å². The van der Waals surface area contributed by atoms with Crippen molar-refractivity contribution in [2.75, 3.05) is 13.2 Å². The third-order valence-electron chi connectivity index (χ3n) is 2.28. The van der Waals surface area contributed by atoms with Crippen LogP contribution in [0.15, 0.2) is 41.0 Å². The van der Waals surface area contributed by atoms with Crippen LogP contribution in [0.25, 0.3) is 0 Å². The molecule has 0 saturated heterocycles. The Labute approximate surface area is 108 Å². The number of nitrogens with one attached hydrogen (secondary N) is 1. The number of carbonyl (C=O) groups is 1. The summed E-state index contributed by atoms with van der Waals surface area (Å²) in [5.41, 5.74) is 0. The Hall–Kier alpha value is -2.37. The average molecular weight is 267 g/mol. The molecule has 0 spiro atoms. The van der Waals surface area contributed by atoms with Crippen molar-refractivity contribution in [1.29, 1.82) is 0 Å². The Balaban J connectivity index is 1.76. The van der Waals surface area contributed by atoms with Gasteiger partial charge in [0.15, 0.2) is 17.3 Å². The Bertz CT molecular complexity index is 555. The normalized spacial score (nSPS) is 10.2. The van der Waals surface area contributed by atoms with E-state index in [1.807, 2.05) is 0 Å². The molecule has 0 aliphatic carbocycles. The largest absolute Gasteiger partial charge is 0.489 e. The summed E-state index contributed by atoms with van der Waals surface area (Å²) in [5.74, 6) is -1.71. The minimum Gasteiger partial charge on any atom is -0.489 e. The first kappa shape index (κ1) is 13.1. The number of amides is 1. The highest BCUT2D eigenvalue weighted by Gasteiger charge is 2.08. The molecule has 1 N–H and O–H groups in total. The van der Waals surface area contributed by atoms with Gasteiger partial charge in [-0.05, 0) is 24.3 Å². The molecule has 2 rings (SSSR count). The average Bonchev–Trinajstić information content (AvgIpc) is 2.90. The summed E-state index contributed by atoms with van der Waals surface area (Å²) in [7, 11) is 0. The van der Waals surface area contributed by atoms with Crippen molar-refractivity contribution in [3.8, 4) is 5.75 Å². The summed E-state index contributed by atoms with van der Waals surface area (Å²) in [6.07, 6.45) is 1.39. The van der Waals surface area contributed by atoms with Gasteiger partial charge in [-0.3, -0.25) is 4.79 Å². The van der Waals surface area contributed by atoms with Gasteiger partial charge in [-0.15, -0.1) is 0 Å². The molecule has 1 amide bonds. The van der Waals surface area contributed by atoms with Crippen LogP contribution in [0, 0.1) is 11.6 Å². The van der Waals surface area contributed by atoms with Gasteiger partial charge in [-0.1, -0.05) is 0 Å². The van der Waals surface area contributed by atoms with Crippen molar-refractivity contribution in [3.05, 3.63) is 54.0 Å². The molecule has 4 nitrogen and oxygen atoms in total. The quantitative estimate of drug-likeness (QED) is 0.846. The van der Waals surface area contributed by atoms with Crippen LogP contribution in [-0.2, 0) is 0 Å². The van der Waals surface area contributed by atoms with E-state index in [0.29, 0.717) is 0 Å². The van der Waals surface area contributed by atoms with Gasteiger partial charge >= 0.3 is 0 Å². The molecule has 0 aliphatic rings. The molecule has 0 unspecified atom stereocenters. The van der Waals surface area contributed by atoms with Crippen molar-refractivity contribution in [2.45, 2.75) is 0 Å². The van der Waals surface area contributed by atoms with Crippen molar-refractivity contribution in [2.24, 2.45) is 0 Å². The van der Waals surface area contributed by atoms with E-state index < -0.39 is 11.6 Å². The van der Waals surface area contributed by atoms with E-state index in [1.165, 1.54) is 18.4 Å². The first-order chi connectivity index (χ1) is 9.16. The third kappa shape index (κ3) is 3.54. The van der Waals surface area contributed by atoms with Gasteiger partial charge in [0.1, 0.15) is 12.4 Å². The zero-order valence-electron chi connectivity index (χ0n) is 9.86. The van der Waals surface area contributed by atoms with E-state index in [2.05, 4.69) is 5.32 Å². The first-order valence-electron chi connectivity index (χ1n) is 5.56. The molecule has 1 aromatic heterocycles. The molecule has 0 fully saturated rings. The van der Waals surface area contributed by atoms with Gasteiger partial charge in [0.25, 0.3) is 5.91 Å². The van der Waals surface area contributed by atoms with Gasteiger partial charge in [0, 0.05) is 6.07 Å². The lowest BCUT2D eigenvalue weighted by molar-refractivity contribution is 0.0919. The van der Waals surface area contributed by atoms with Crippen molar-refractivity contribution in [1.82, 2.24) is 5.32 Å². The van der Waals surface area contributed by atoms with Crippen LogP contribution in [0.1, 0.15) is 10.6 Å². The van der Waals surface area contributed by atoms with Crippen molar-refractivity contribution >= 4 is 5.91 Å². The fourth-order valence-corrected chi connectivity index (χ4v) is 1.41. The van der Waals surface area contributed by atoms with Crippen molar-refractivity contribution < 1.29 is 22.7 Å². The SMILES string of the molecule is O=C(NCCOc1ccc(F)cc1F)c1ccco1. The number of halogens is 2. The molecule has 0 aliphatic heterocycles. The smallest absolute Gasteiger partial charge is 0.287 e. The number of hydrogen-bond acceptors (Lipinski definition) is 3. The fourth-order valence-electron chi connectivity index (χ4n) is 1.41. The van der Waals surface area contributed by atoms with E-state index in [9.17, 15) is 13.6 Å². The second-order valence-electron chi connectivity index (χ2n) is 3.66. The molecule has 6 heteroatoms. The van der Waals surface area contributed by atoms with E-state index in [1.54, 1.807) is 6.07 Å². The summed E-state index contributed by atoms with van der Waals surface area (Å²) in [6.45, 7) is 0.241. The Morgan fingerprint density at radius 3 is 2.84 bits per heavy atom. The molecular formula is C13H11F2NO3. The molecule has 1 heterocycles. The predicted octanol–water partition coefficient (Wildman–Crippen LogP) is 2.37. The lowest BCUT2D eigenvalue weighted by Gasteiger charge is -2.07. The highest BCUT2D eigenvalue weighted by molar-refractivity contribution is 5.91. The maximum atomic E-state index is 13.2. The third-order valence-corrected chi connectivity index (χ3v) is 2.28. The van der Waals surface area contributed by atoms with Gasteiger partial charge in [0.05, 0.1) is 12.8 Å². The zero-order valence-corrected chi connectivity index (χ0v) is 9.86. The highest BCUT2D eigenvalue weighted by Crippen LogP contribution is 2.17. The summed E-state index contributed by atoms with van der Waals surface area (Å²) < 4.78 is 35.8. The second kappa shape index (κ2) is 5.99. The van der Waals surface area contributed by atoms with Crippen LogP contribution in [0.4, 0.5) is 8.78 Å². The molecule has 0 atom stereocenters. The van der Waals surface area contributed by atoms with E-state index in [4.69, 9.17) is 9.15 Å². The van der Waals surface area contributed by atoms with E-state index in [-0.39, 0.29) is 30.6 Å². The predicted molar refractivity (Wildman–Crippen MR) is 62.9 cm³/mol. The van der Waals surface area contributed by atoms with Crippen LogP contribution in [0.5, 0.6) is 5.75 Å². The molecule has 0 saturated carbocycles. The zero-order chi connectivity index (χ0) is 13.7. The standard InChI is InChI=1S/C13H11F2NO3/c14-9-3-4-11(10(15)8-9)19-7-5-16-13(17)12-2-1-6-18-12/h1-4,6,8H,5,7H2,(H,16,17). The van der Waals surface area contributed by atoms with Crippen LogP contribution >= 0.6 is 0 Å². The summed E-state index contributed by atoms with van der Waals surface area (Å²) in [6, 6.07) is 6.14. The second-order valence-corrected chi connectivity index (χ2v) is 3.66. The van der Waals surface area contributed by atoms with Crippen LogP contribution < -0.4 is 10.1 Å². The molecule has 100 valence electrons. The molecule has 19 heavy (non-hydrogen) atoms. The molecule has 0 radical (unpaired) electrons. The number of benzene rings is 1. The molecule has 0 bridgehead atoms. The fraction of sp³-hybridized carbons (Fsp3) is 0.154. The van der Waals surface area contributed by atoms with Crippen LogP contribution in [0.3, 0.4) is 0 Å². The molecular weight excluding hydrogens is 256 g/mol. The van der Waals surface area contributed by atoms with Crippen LogP contribution in [-0.4, -0.2) is 19.1 Å². The number of hydrogen-bond donors (Lipinski definition) is 1. The van der Waals surface area contributed by atoms with E-state index in [0.717, 1.165) is 12.1 Å². The minimum atomic E-state index is -0.780.